The van der Waals surface area contributed by atoms with Crippen LogP contribution in [0.15, 0.2) is 48.5 Å². The third-order valence-electron chi connectivity index (χ3n) is 5.70. The Hall–Kier alpha value is -2.37. The fourth-order valence-electron chi connectivity index (χ4n) is 4.20. The van der Waals surface area contributed by atoms with Gasteiger partial charge in [-0.1, -0.05) is 48.5 Å². The summed E-state index contributed by atoms with van der Waals surface area (Å²) in [5.41, 5.74) is 4.02. The summed E-state index contributed by atoms with van der Waals surface area (Å²) in [6.45, 7) is 1.59. The van der Waals surface area contributed by atoms with Crippen LogP contribution >= 0.6 is 0 Å². The van der Waals surface area contributed by atoms with Crippen molar-refractivity contribution < 1.29 is 19.4 Å². The number of aliphatic hydroxyl groups is 1. The summed E-state index contributed by atoms with van der Waals surface area (Å²) >= 11 is 0. The van der Waals surface area contributed by atoms with Gasteiger partial charge in [0.15, 0.2) is 0 Å². The Morgan fingerprint density at radius 1 is 1.07 bits per heavy atom. The fourth-order valence-corrected chi connectivity index (χ4v) is 4.20. The number of fused-ring (bicyclic) bond motifs is 3. The van der Waals surface area contributed by atoms with Crippen LogP contribution in [-0.2, 0) is 9.47 Å². The minimum atomic E-state index is -0.838. The number of rotatable bonds is 4. The summed E-state index contributed by atoms with van der Waals surface area (Å²) in [6.07, 6.45) is 0.701. The van der Waals surface area contributed by atoms with Crippen molar-refractivity contribution in [2.45, 2.75) is 24.4 Å². The van der Waals surface area contributed by atoms with Gasteiger partial charge < -0.3 is 19.5 Å². The lowest BCUT2D eigenvalue weighted by molar-refractivity contribution is -0.0685. The summed E-state index contributed by atoms with van der Waals surface area (Å²) in [5, 5.41) is 10.4. The van der Waals surface area contributed by atoms with E-state index in [1.807, 2.05) is 24.3 Å². The van der Waals surface area contributed by atoms with Gasteiger partial charge in [-0.3, -0.25) is 0 Å². The molecule has 0 bridgehead atoms. The number of likely N-dealkylation sites (tertiary alicyclic amines) is 1. The molecule has 1 aliphatic heterocycles. The molecule has 4 rings (SSSR count). The van der Waals surface area contributed by atoms with Crippen molar-refractivity contribution in [3.8, 4) is 11.1 Å². The molecule has 1 heterocycles. The van der Waals surface area contributed by atoms with Gasteiger partial charge in [-0.2, -0.15) is 0 Å². The first kappa shape index (κ1) is 18.0. The Morgan fingerprint density at radius 2 is 1.63 bits per heavy atom. The monoisotopic (exact) mass is 367 g/mol. The maximum Gasteiger partial charge on any atom is 0.409 e. The van der Waals surface area contributed by atoms with Gasteiger partial charge in [0.05, 0.1) is 12.2 Å². The lowest BCUT2D eigenvalue weighted by Crippen LogP contribution is -2.49. The minimum absolute atomic E-state index is 0.0663. The zero-order chi connectivity index (χ0) is 18.9. The molecule has 5 heteroatoms. The molecule has 0 unspecified atom stereocenters. The number of piperidine rings is 1. The third-order valence-corrected chi connectivity index (χ3v) is 5.70. The molecule has 2 aliphatic rings. The lowest BCUT2D eigenvalue weighted by Gasteiger charge is -2.37. The third kappa shape index (κ3) is 3.45. The molecule has 5 nitrogen and oxygen atoms in total. The van der Waals surface area contributed by atoms with Crippen LogP contribution in [0, 0.1) is 0 Å². The highest BCUT2D eigenvalue weighted by atomic mass is 16.6. The molecule has 0 radical (unpaired) electrons. The maximum absolute atomic E-state index is 12.5. The summed E-state index contributed by atoms with van der Waals surface area (Å²) in [6, 6.07) is 16.6. The van der Waals surface area contributed by atoms with E-state index in [9.17, 15) is 9.90 Å². The van der Waals surface area contributed by atoms with Crippen molar-refractivity contribution in [3.05, 3.63) is 59.7 Å². The van der Waals surface area contributed by atoms with E-state index < -0.39 is 5.60 Å². The largest absolute Gasteiger partial charge is 0.448 e. The molecule has 2 aromatic rings. The van der Waals surface area contributed by atoms with Crippen LogP contribution in [0.5, 0.6) is 0 Å². The number of carbonyl (C=O) groups excluding carboxylic acids is 1. The number of hydrogen-bond donors (Lipinski definition) is 1. The second-order valence-corrected chi connectivity index (χ2v) is 7.45. The van der Waals surface area contributed by atoms with Crippen LogP contribution < -0.4 is 0 Å². The van der Waals surface area contributed by atoms with Gasteiger partial charge in [0.25, 0.3) is 0 Å². The molecule has 1 aliphatic carbocycles. The van der Waals surface area contributed by atoms with E-state index in [1.54, 1.807) is 12.0 Å². The summed E-state index contributed by atoms with van der Waals surface area (Å²) in [4.78, 5) is 14.2. The standard InChI is InChI=1S/C22H25NO4/c1-26-15-22(25)10-12-23(13-11-22)21(24)27-14-20-18-8-4-2-6-16(18)17-7-3-5-9-19(17)20/h2-9,20,25H,10-15H2,1H3. The van der Waals surface area contributed by atoms with E-state index in [2.05, 4.69) is 24.3 Å². The molecule has 1 N–H and O–H groups in total. The van der Waals surface area contributed by atoms with Gasteiger partial charge in [-0.05, 0) is 35.1 Å². The van der Waals surface area contributed by atoms with Crippen LogP contribution in [0.2, 0.25) is 0 Å². The first-order valence-corrected chi connectivity index (χ1v) is 9.42. The molecule has 0 spiro atoms. The quantitative estimate of drug-likeness (QED) is 0.900. The molecule has 1 fully saturated rings. The van der Waals surface area contributed by atoms with E-state index in [1.165, 1.54) is 22.3 Å². The fraction of sp³-hybridized carbons (Fsp3) is 0.409. The number of amides is 1. The molecular weight excluding hydrogens is 342 g/mol. The lowest BCUT2D eigenvalue weighted by atomic mass is 9.92. The molecule has 2 aromatic carbocycles. The van der Waals surface area contributed by atoms with Crippen LogP contribution in [0.3, 0.4) is 0 Å². The van der Waals surface area contributed by atoms with Gasteiger partial charge in [-0.25, -0.2) is 4.79 Å². The zero-order valence-electron chi connectivity index (χ0n) is 15.6. The second-order valence-electron chi connectivity index (χ2n) is 7.45. The van der Waals surface area contributed by atoms with E-state index >= 15 is 0 Å². The first-order valence-electron chi connectivity index (χ1n) is 9.42. The topological polar surface area (TPSA) is 59.0 Å². The number of benzene rings is 2. The molecule has 0 aromatic heterocycles. The van der Waals surface area contributed by atoms with E-state index in [0.717, 1.165) is 0 Å². The molecular formula is C22H25NO4. The summed E-state index contributed by atoms with van der Waals surface area (Å²) < 4.78 is 10.8. The molecule has 1 amide bonds. The molecule has 1 saturated heterocycles. The van der Waals surface area contributed by atoms with Gasteiger partial charge >= 0.3 is 6.09 Å². The number of hydrogen-bond acceptors (Lipinski definition) is 4. The first-order chi connectivity index (χ1) is 13.1. The van der Waals surface area contributed by atoms with Crippen molar-refractivity contribution in [2.24, 2.45) is 0 Å². The van der Waals surface area contributed by atoms with Crippen LogP contribution in [-0.4, -0.2) is 55.1 Å². The van der Waals surface area contributed by atoms with Crippen molar-refractivity contribution in [3.63, 3.8) is 0 Å². The summed E-state index contributed by atoms with van der Waals surface area (Å²) in [7, 11) is 1.58. The number of ether oxygens (including phenoxy) is 2. The Balaban J connectivity index is 1.42. The van der Waals surface area contributed by atoms with Crippen LogP contribution in [0.25, 0.3) is 11.1 Å². The van der Waals surface area contributed by atoms with Gasteiger partial charge in [0, 0.05) is 26.1 Å². The predicted octanol–water partition coefficient (Wildman–Crippen LogP) is 3.41. The average molecular weight is 367 g/mol. The van der Waals surface area contributed by atoms with Gasteiger partial charge in [0.1, 0.15) is 6.61 Å². The van der Waals surface area contributed by atoms with Crippen LogP contribution in [0.1, 0.15) is 29.9 Å². The molecule has 27 heavy (non-hydrogen) atoms. The Morgan fingerprint density at radius 3 is 2.19 bits per heavy atom. The molecule has 0 atom stereocenters. The van der Waals surface area contributed by atoms with Crippen LogP contribution in [0.4, 0.5) is 4.79 Å². The number of carbonyl (C=O) groups is 1. The van der Waals surface area contributed by atoms with Crippen molar-refractivity contribution in [1.82, 2.24) is 4.90 Å². The highest BCUT2D eigenvalue weighted by Gasteiger charge is 2.35. The smallest absolute Gasteiger partial charge is 0.409 e. The second kappa shape index (κ2) is 7.33. The number of nitrogens with zero attached hydrogens (tertiary/aromatic N) is 1. The Labute approximate surface area is 159 Å². The Kier molecular flexibility index (Phi) is 4.89. The number of methoxy groups -OCH3 is 1. The van der Waals surface area contributed by atoms with E-state index in [-0.39, 0.29) is 12.0 Å². The van der Waals surface area contributed by atoms with Crippen molar-refractivity contribution in [2.75, 3.05) is 33.4 Å². The highest BCUT2D eigenvalue weighted by molar-refractivity contribution is 5.79. The van der Waals surface area contributed by atoms with Gasteiger partial charge in [0.2, 0.25) is 0 Å². The summed E-state index contributed by atoms with van der Waals surface area (Å²) in [5.74, 6) is 0.0663. The van der Waals surface area contributed by atoms with E-state index in [4.69, 9.17) is 9.47 Å². The Bertz CT molecular complexity index is 781. The van der Waals surface area contributed by atoms with Crippen molar-refractivity contribution in [1.29, 1.82) is 0 Å². The SMILES string of the molecule is COCC1(O)CCN(C(=O)OCC2c3ccccc3-c3ccccc32)CC1. The predicted molar refractivity (Wildman–Crippen MR) is 103 cm³/mol. The molecule has 0 saturated carbocycles. The minimum Gasteiger partial charge on any atom is -0.448 e. The van der Waals surface area contributed by atoms with E-state index in [0.29, 0.717) is 39.1 Å². The maximum atomic E-state index is 12.5. The average Bonchev–Trinajstić information content (AvgIpc) is 3.01. The highest BCUT2D eigenvalue weighted by Crippen LogP contribution is 2.44. The normalized spacial score (nSPS) is 18.1. The van der Waals surface area contributed by atoms with Gasteiger partial charge in [-0.15, -0.1) is 0 Å². The zero-order valence-corrected chi connectivity index (χ0v) is 15.6. The van der Waals surface area contributed by atoms with Crippen molar-refractivity contribution >= 4 is 6.09 Å². The molecule has 142 valence electrons.